The topological polar surface area (TPSA) is 44.8 Å². The van der Waals surface area contributed by atoms with Crippen LogP contribution in [0.25, 0.3) is 0 Å². The Labute approximate surface area is 211 Å². The summed E-state index contributed by atoms with van der Waals surface area (Å²) in [4.78, 5) is 0. The molecule has 0 radical (unpaired) electrons. The van der Waals surface area contributed by atoms with Crippen molar-refractivity contribution in [3.8, 4) is 17.2 Å². The smallest absolute Gasteiger partial charge is 0.386 e. The highest BCUT2D eigenvalue weighted by molar-refractivity contribution is 7.49. The van der Waals surface area contributed by atoms with Crippen LogP contribution in [0.3, 0.4) is 0 Å². The fourth-order valence-corrected chi connectivity index (χ4v) is 5.23. The molecule has 0 fully saturated rings. The Bertz CT molecular complexity index is 1060. The minimum atomic E-state index is -4.17. The quantitative estimate of drug-likeness (QED) is 0.320. The van der Waals surface area contributed by atoms with Gasteiger partial charge in [0.25, 0.3) is 0 Å². The molecule has 4 nitrogen and oxygen atoms in total. The highest BCUT2D eigenvalue weighted by Gasteiger charge is 2.38. The van der Waals surface area contributed by atoms with Crippen LogP contribution in [0.15, 0.2) is 72.8 Å². The fraction of sp³-hybridized carbons (Fsp3) is 0.400. The van der Waals surface area contributed by atoms with E-state index in [1.807, 2.05) is 72.8 Å². The van der Waals surface area contributed by atoms with E-state index in [4.69, 9.17) is 13.6 Å². The summed E-state index contributed by atoms with van der Waals surface area (Å²) in [7, 11) is -4.17. The number of phosphoric acid groups is 1. The zero-order chi connectivity index (χ0) is 26.1. The molecule has 0 N–H and O–H groups in total. The molecule has 0 aromatic heterocycles. The van der Waals surface area contributed by atoms with E-state index >= 15 is 0 Å². The molecule has 0 saturated carbocycles. The van der Waals surface area contributed by atoms with E-state index in [1.54, 1.807) is 0 Å². The summed E-state index contributed by atoms with van der Waals surface area (Å²) in [5.74, 6) is 1.43. The zero-order valence-corrected chi connectivity index (χ0v) is 23.4. The van der Waals surface area contributed by atoms with Crippen molar-refractivity contribution in [3.63, 3.8) is 0 Å². The average molecular weight is 495 g/mol. The molecule has 35 heavy (non-hydrogen) atoms. The number of rotatable bonds is 6. The van der Waals surface area contributed by atoms with Gasteiger partial charge in [-0.2, -0.15) is 4.57 Å². The first-order valence-electron chi connectivity index (χ1n) is 12.1. The second kappa shape index (κ2) is 9.74. The van der Waals surface area contributed by atoms with Crippen LogP contribution in [0.5, 0.6) is 17.2 Å². The molecule has 0 unspecified atom stereocenters. The van der Waals surface area contributed by atoms with E-state index in [0.717, 1.165) is 16.7 Å². The lowest BCUT2D eigenvalue weighted by atomic mass is 9.86. The molecule has 0 spiro atoms. The Morgan fingerprint density at radius 2 is 0.686 bits per heavy atom. The molecule has 0 aliphatic heterocycles. The van der Waals surface area contributed by atoms with Crippen LogP contribution in [0.1, 0.15) is 79.0 Å². The van der Waals surface area contributed by atoms with E-state index in [2.05, 4.69) is 62.3 Å². The van der Waals surface area contributed by atoms with Gasteiger partial charge in [-0.1, -0.05) is 117 Å². The Hall–Kier alpha value is -2.71. The van der Waals surface area contributed by atoms with Gasteiger partial charge < -0.3 is 13.6 Å². The molecule has 3 aromatic rings. The third kappa shape index (κ3) is 6.70. The molecular weight excluding hydrogens is 455 g/mol. The number of hydrogen-bond acceptors (Lipinski definition) is 4. The third-order valence-electron chi connectivity index (χ3n) is 5.72. The molecule has 0 heterocycles. The van der Waals surface area contributed by atoms with Crippen molar-refractivity contribution in [2.45, 2.75) is 78.6 Å². The van der Waals surface area contributed by atoms with Crippen LogP contribution in [-0.4, -0.2) is 0 Å². The van der Waals surface area contributed by atoms with Gasteiger partial charge in [-0.25, -0.2) is 0 Å². The van der Waals surface area contributed by atoms with Crippen LogP contribution in [0, 0.1) is 0 Å². The number of hydrogen-bond donors (Lipinski definition) is 0. The normalized spacial score (nSPS) is 12.8. The molecule has 0 aliphatic rings. The van der Waals surface area contributed by atoms with Crippen molar-refractivity contribution in [2.75, 3.05) is 0 Å². The molecule has 5 heteroatoms. The summed E-state index contributed by atoms with van der Waals surface area (Å²) in [6.07, 6.45) is 0. The predicted molar refractivity (Wildman–Crippen MR) is 145 cm³/mol. The SMILES string of the molecule is CC(C)(C)c1ccccc1OP(=O)(Oc1ccccc1C(C)(C)C)Oc1ccccc1C(C)(C)C. The van der Waals surface area contributed by atoms with E-state index in [-0.39, 0.29) is 16.2 Å². The second-order valence-corrected chi connectivity index (χ2v) is 13.4. The van der Waals surface area contributed by atoms with Crippen LogP contribution in [-0.2, 0) is 20.8 Å². The van der Waals surface area contributed by atoms with Gasteiger partial charge in [-0.3, -0.25) is 0 Å². The first-order valence-corrected chi connectivity index (χ1v) is 13.5. The highest BCUT2D eigenvalue weighted by Crippen LogP contribution is 2.54. The number of para-hydroxylation sites is 3. The summed E-state index contributed by atoms with van der Waals surface area (Å²) in [6.45, 7) is 18.8. The standard InChI is InChI=1S/C30H39O4P/c1-28(2,3)22-16-10-13-19-25(22)32-35(31,33-26-20-14-11-17-23(26)29(4,5)6)34-27-21-15-12-18-24(27)30(7,8)9/h10-21H,1-9H3. The monoisotopic (exact) mass is 494 g/mol. The van der Waals surface area contributed by atoms with Crippen molar-refractivity contribution in [1.29, 1.82) is 0 Å². The van der Waals surface area contributed by atoms with Crippen molar-refractivity contribution >= 4 is 7.82 Å². The largest absolute Gasteiger partial charge is 0.647 e. The molecule has 3 rings (SSSR count). The summed E-state index contributed by atoms with van der Waals surface area (Å²) >= 11 is 0. The molecule has 0 bridgehead atoms. The zero-order valence-electron chi connectivity index (χ0n) is 22.5. The molecule has 3 aromatic carbocycles. The second-order valence-electron chi connectivity index (χ2n) is 12.0. The maximum atomic E-state index is 14.5. The van der Waals surface area contributed by atoms with Gasteiger partial charge in [-0.05, 0) is 34.4 Å². The lowest BCUT2D eigenvalue weighted by molar-refractivity contribution is 0.291. The minimum Gasteiger partial charge on any atom is -0.386 e. The van der Waals surface area contributed by atoms with Gasteiger partial charge in [0.05, 0.1) is 0 Å². The maximum absolute atomic E-state index is 14.5. The van der Waals surface area contributed by atoms with Crippen molar-refractivity contribution in [2.24, 2.45) is 0 Å². The van der Waals surface area contributed by atoms with Crippen LogP contribution >= 0.6 is 7.82 Å². The lowest BCUT2D eigenvalue weighted by Gasteiger charge is -2.29. The molecular formula is C30H39O4P. The fourth-order valence-electron chi connectivity index (χ4n) is 3.91. The highest BCUT2D eigenvalue weighted by atomic mass is 31.2. The van der Waals surface area contributed by atoms with Crippen LogP contribution in [0.2, 0.25) is 0 Å². The Morgan fingerprint density at radius 3 is 0.914 bits per heavy atom. The van der Waals surface area contributed by atoms with Gasteiger partial charge in [-0.15, -0.1) is 0 Å². The molecule has 0 atom stereocenters. The van der Waals surface area contributed by atoms with Gasteiger partial charge in [0.1, 0.15) is 17.2 Å². The maximum Gasteiger partial charge on any atom is 0.647 e. The van der Waals surface area contributed by atoms with Crippen molar-refractivity contribution in [1.82, 2.24) is 0 Å². The number of phosphoric ester groups is 1. The van der Waals surface area contributed by atoms with E-state index in [1.165, 1.54) is 0 Å². The molecule has 0 amide bonds. The first-order chi connectivity index (χ1) is 16.1. The Balaban J connectivity index is 2.14. The van der Waals surface area contributed by atoms with Crippen molar-refractivity contribution < 1.29 is 18.1 Å². The summed E-state index contributed by atoms with van der Waals surface area (Å²) in [5, 5.41) is 0. The van der Waals surface area contributed by atoms with Crippen LogP contribution < -0.4 is 13.6 Å². The number of benzene rings is 3. The predicted octanol–water partition coefficient (Wildman–Crippen LogP) is 9.22. The summed E-state index contributed by atoms with van der Waals surface area (Å²) in [6, 6.07) is 22.8. The van der Waals surface area contributed by atoms with Gasteiger partial charge >= 0.3 is 7.82 Å². The van der Waals surface area contributed by atoms with Gasteiger partial charge in [0.2, 0.25) is 0 Å². The Kier molecular flexibility index (Phi) is 7.48. The van der Waals surface area contributed by atoms with E-state index in [0.29, 0.717) is 17.2 Å². The van der Waals surface area contributed by atoms with Crippen LogP contribution in [0.4, 0.5) is 0 Å². The average Bonchev–Trinajstić information content (AvgIpc) is 2.72. The van der Waals surface area contributed by atoms with E-state index < -0.39 is 7.82 Å². The van der Waals surface area contributed by atoms with Gasteiger partial charge in [0, 0.05) is 16.7 Å². The molecule has 188 valence electrons. The van der Waals surface area contributed by atoms with E-state index in [9.17, 15) is 4.57 Å². The molecule has 0 saturated heterocycles. The minimum absolute atomic E-state index is 0.228. The lowest BCUT2D eigenvalue weighted by Crippen LogP contribution is -2.18. The van der Waals surface area contributed by atoms with Gasteiger partial charge in [0.15, 0.2) is 0 Å². The molecule has 0 aliphatic carbocycles. The summed E-state index contributed by atoms with van der Waals surface area (Å²) in [5.41, 5.74) is 2.07. The third-order valence-corrected chi connectivity index (χ3v) is 6.98. The first kappa shape index (κ1) is 26.9. The Morgan fingerprint density at radius 1 is 0.457 bits per heavy atom. The van der Waals surface area contributed by atoms with Crippen molar-refractivity contribution in [3.05, 3.63) is 89.5 Å². The summed E-state index contributed by atoms with van der Waals surface area (Å²) < 4.78 is 33.1.